The Morgan fingerprint density at radius 1 is 1.60 bits per heavy atom. The Morgan fingerprint density at radius 3 is 3.00 bits per heavy atom. The number of anilines is 1. The number of benzene rings is 1. The molecule has 15 heavy (non-hydrogen) atoms. The summed E-state index contributed by atoms with van der Waals surface area (Å²) < 4.78 is 1.04. The summed E-state index contributed by atoms with van der Waals surface area (Å²) in [4.78, 5) is 11.5. The molecule has 1 aliphatic heterocycles. The summed E-state index contributed by atoms with van der Waals surface area (Å²) in [5.74, 6) is 0.202. The minimum atomic E-state index is 0.0587. The van der Waals surface area contributed by atoms with Crippen molar-refractivity contribution in [3.8, 4) is 0 Å². The number of carbonyl (C=O) groups is 1. The average Bonchev–Trinajstić information content (AvgIpc) is 2.18. The van der Waals surface area contributed by atoms with Gasteiger partial charge < -0.3 is 11.1 Å². The Balaban J connectivity index is 2.55. The van der Waals surface area contributed by atoms with Gasteiger partial charge in [-0.05, 0) is 36.7 Å². The molecule has 80 valence electrons. The van der Waals surface area contributed by atoms with Crippen LogP contribution in [-0.4, -0.2) is 12.5 Å². The maximum atomic E-state index is 11.5. The maximum absolute atomic E-state index is 11.5. The molecule has 1 atom stereocenters. The topological polar surface area (TPSA) is 55.1 Å². The Bertz CT molecular complexity index is 417. The predicted octanol–water partition coefficient (Wildman–Crippen LogP) is 2.14. The number of hydrogen-bond donors (Lipinski definition) is 2. The zero-order valence-corrected chi connectivity index (χ0v) is 10.1. The number of rotatable bonds is 1. The van der Waals surface area contributed by atoms with E-state index in [0.717, 1.165) is 21.3 Å². The van der Waals surface area contributed by atoms with Crippen LogP contribution in [0.3, 0.4) is 0 Å². The van der Waals surface area contributed by atoms with Gasteiger partial charge in [-0.3, -0.25) is 4.79 Å². The van der Waals surface area contributed by atoms with Gasteiger partial charge in [0.2, 0.25) is 5.91 Å². The standard InChI is InChI=1S/C11H13BrN2O/c1-6-2-8(12)4-9-7(5-13)3-10(15)14-11(6)9/h2,4,7H,3,5,13H2,1H3,(H,14,15). The highest BCUT2D eigenvalue weighted by Gasteiger charge is 2.25. The summed E-state index contributed by atoms with van der Waals surface area (Å²) >= 11 is 3.46. The van der Waals surface area contributed by atoms with Gasteiger partial charge in [-0.1, -0.05) is 15.9 Å². The lowest BCUT2D eigenvalue weighted by Gasteiger charge is -2.26. The van der Waals surface area contributed by atoms with Crippen LogP contribution in [0.2, 0.25) is 0 Å². The van der Waals surface area contributed by atoms with Crippen molar-refractivity contribution in [3.63, 3.8) is 0 Å². The number of hydrogen-bond acceptors (Lipinski definition) is 2. The van der Waals surface area contributed by atoms with Crippen LogP contribution in [0.25, 0.3) is 0 Å². The second-order valence-electron chi connectivity index (χ2n) is 3.87. The quantitative estimate of drug-likeness (QED) is 0.820. The molecule has 0 radical (unpaired) electrons. The number of fused-ring (bicyclic) bond motifs is 1. The molecule has 0 aliphatic carbocycles. The molecule has 1 heterocycles. The van der Waals surface area contributed by atoms with Crippen molar-refractivity contribution in [1.82, 2.24) is 0 Å². The second-order valence-corrected chi connectivity index (χ2v) is 4.79. The molecular weight excluding hydrogens is 256 g/mol. The number of nitrogens with two attached hydrogens (primary N) is 1. The number of aryl methyl sites for hydroxylation is 1. The molecule has 0 fully saturated rings. The van der Waals surface area contributed by atoms with Crippen molar-refractivity contribution < 1.29 is 4.79 Å². The highest BCUT2D eigenvalue weighted by molar-refractivity contribution is 9.10. The first-order chi connectivity index (χ1) is 7.11. The largest absolute Gasteiger partial charge is 0.330 e. The van der Waals surface area contributed by atoms with Crippen LogP contribution in [-0.2, 0) is 4.79 Å². The molecule has 3 nitrogen and oxygen atoms in total. The van der Waals surface area contributed by atoms with Crippen molar-refractivity contribution in [2.75, 3.05) is 11.9 Å². The van der Waals surface area contributed by atoms with Crippen LogP contribution in [0, 0.1) is 6.92 Å². The molecule has 3 N–H and O–H groups in total. The number of halogens is 1. The van der Waals surface area contributed by atoms with Crippen LogP contribution in [0.15, 0.2) is 16.6 Å². The first-order valence-electron chi connectivity index (χ1n) is 4.91. The zero-order valence-electron chi connectivity index (χ0n) is 8.51. The Kier molecular flexibility index (Phi) is 2.80. The van der Waals surface area contributed by atoms with Gasteiger partial charge in [-0.2, -0.15) is 0 Å². The summed E-state index contributed by atoms with van der Waals surface area (Å²) in [5.41, 5.74) is 8.84. The third-order valence-corrected chi connectivity index (χ3v) is 3.21. The van der Waals surface area contributed by atoms with E-state index in [1.54, 1.807) is 0 Å². The fraction of sp³-hybridized carbons (Fsp3) is 0.364. The monoisotopic (exact) mass is 268 g/mol. The molecule has 0 bridgehead atoms. The van der Waals surface area contributed by atoms with E-state index in [1.807, 2.05) is 19.1 Å². The van der Waals surface area contributed by atoms with E-state index in [4.69, 9.17) is 5.73 Å². The van der Waals surface area contributed by atoms with Gasteiger partial charge in [0.05, 0.1) is 0 Å². The van der Waals surface area contributed by atoms with Gasteiger partial charge >= 0.3 is 0 Å². The molecule has 0 spiro atoms. The summed E-state index contributed by atoms with van der Waals surface area (Å²) in [5, 5.41) is 2.90. The molecule has 1 aromatic carbocycles. The summed E-state index contributed by atoms with van der Waals surface area (Å²) in [6.45, 7) is 2.50. The number of carbonyl (C=O) groups excluding carboxylic acids is 1. The number of amides is 1. The van der Waals surface area contributed by atoms with Gasteiger partial charge in [0.25, 0.3) is 0 Å². The van der Waals surface area contributed by atoms with Crippen LogP contribution < -0.4 is 11.1 Å². The molecule has 4 heteroatoms. The van der Waals surface area contributed by atoms with E-state index in [9.17, 15) is 4.79 Å². The lowest BCUT2D eigenvalue weighted by Crippen LogP contribution is -2.27. The van der Waals surface area contributed by atoms with Crippen molar-refractivity contribution >= 4 is 27.5 Å². The Morgan fingerprint density at radius 2 is 2.33 bits per heavy atom. The SMILES string of the molecule is Cc1cc(Br)cc2c1NC(=O)CC2CN. The average molecular weight is 269 g/mol. The van der Waals surface area contributed by atoms with Crippen LogP contribution in [0.1, 0.15) is 23.5 Å². The van der Waals surface area contributed by atoms with E-state index >= 15 is 0 Å². The number of nitrogens with one attached hydrogen (secondary N) is 1. The van der Waals surface area contributed by atoms with Gasteiger partial charge in [-0.15, -0.1) is 0 Å². The van der Waals surface area contributed by atoms with Crippen LogP contribution >= 0.6 is 15.9 Å². The summed E-state index contributed by atoms with van der Waals surface area (Å²) in [6.07, 6.45) is 0.486. The molecule has 0 saturated carbocycles. The first-order valence-corrected chi connectivity index (χ1v) is 5.71. The Labute approximate surface area is 97.2 Å². The van der Waals surface area contributed by atoms with Crippen molar-refractivity contribution in [1.29, 1.82) is 0 Å². The third kappa shape index (κ3) is 1.92. The molecule has 1 amide bonds. The van der Waals surface area contributed by atoms with E-state index in [2.05, 4.69) is 21.2 Å². The maximum Gasteiger partial charge on any atom is 0.225 e. The van der Waals surface area contributed by atoms with E-state index in [1.165, 1.54) is 0 Å². The molecule has 0 saturated heterocycles. The van der Waals surface area contributed by atoms with Gasteiger partial charge in [0.15, 0.2) is 0 Å². The first kappa shape index (κ1) is 10.6. The normalized spacial score (nSPS) is 19.7. The molecule has 0 aromatic heterocycles. The van der Waals surface area contributed by atoms with Gasteiger partial charge in [0.1, 0.15) is 0 Å². The fourth-order valence-electron chi connectivity index (χ4n) is 2.00. The van der Waals surface area contributed by atoms with Gasteiger partial charge in [-0.25, -0.2) is 0 Å². The van der Waals surface area contributed by atoms with Crippen LogP contribution in [0.4, 0.5) is 5.69 Å². The molecule has 1 aliphatic rings. The van der Waals surface area contributed by atoms with E-state index < -0.39 is 0 Å². The minimum Gasteiger partial charge on any atom is -0.330 e. The van der Waals surface area contributed by atoms with Crippen molar-refractivity contribution in [2.24, 2.45) is 5.73 Å². The van der Waals surface area contributed by atoms with Crippen molar-refractivity contribution in [2.45, 2.75) is 19.3 Å². The summed E-state index contributed by atoms with van der Waals surface area (Å²) in [7, 11) is 0. The fourth-order valence-corrected chi connectivity index (χ4v) is 2.59. The van der Waals surface area contributed by atoms with E-state index in [0.29, 0.717) is 13.0 Å². The molecule has 1 unspecified atom stereocenters. The predicted molar refractivity (Wildman–Crippen MR) is 63.9 cm³/mol. The van der Waals surface area contributed by atoms with Crippen molar-refractivity contribution in [3.05, 3.63) is 27.7 Å². The lowest BCUT2D eigenvalue weighted by molar-refractivity contribution is -0.116. The van der Waals surface area contributed by atoms with Crippen LogP contribution in [0.5, 0.6) is 0 Å². The van der Waals surface area contributed by atoms with Gasteiger partial charge in [0, 0.05) is 22.5 Å². The highest BCUT2D eigenvalue weighted by Crippen LogP contribution is 2.36. The zero-order chi connectivity index (χ0) is 11.0. The van der Waals surface area contributed by atoms with E-state index in [-0.39, 0.29) is 11.8 Å². The Hall–Kier alpha value is -0.870. The minimum absolute atomic E-state index is 0.0587. The molecule has 2 rings (SSSR count). The molecular formula is C11H13BrN2O. The summed E-state index contributed by atoms with van der Waals surface area (Å²) in [6, 6.07) is 4.04. The third-order valence-electron chi connectivity index (χ3n) is 2.75. The highest BCUT2D eigenvalue weighted by atomic mass is 79.9. The molecule has 1 aromatic rings. The smallest absolute Gasteiger partial charge is 0.225 e. The lowest BCUT2D eigenvalue weighted by atomic mass is 9.89. The second kappa shape index (κ2) is 3.94.